The van der Waals surface area contributed by atoms with Crippen LogP contribution in [0.5, 0.6) is 0 Å². The van der Waals surface area contributed by atoms with Gasteiger partial charge >= 0.3 is 0 Å². The summed E-state index contributed by atoms with van der Waals surface area (Å²) in [7, 11) is 0. The van der Waals surface area contributed by atoms with Crippen LogP contribution in [0.4, 0.5) is 0 Å². The number of fused-ring (bicyclic) bond motifs is 1. The lowest BCUT2D eigenvalue weighted by Gasteiger charge is -2.04. The van der Waals surface area contributed by atoms with Crippen LogP contribution >= 0.6 is 0 Å². The van der Waals surface area contributed by atoms with Crippen LogP contribution in [0.2, 0.25) is 0 Å². The largest absolute Gasteiger partial charge is 0.361 e. The highest BCUT2D eigenvalue weighted by Crippen LogP contribution is 2.31. The van der Waals surface area contributed by atoms with Crippen LogP contribution in [0.3, 0.4) is 0 Å². The summed E-state index contributed by atoms with van der Waals surface area (Å²) >= 11 is 0. The molecule has 0 aliphatic carbocycles. The molecule has 0 aliphatic rings. The Hall–Kier alpha value is -2.88. The molecule has 98 valence electrons. The highest BCUT2D eigenvalue weighted by atomic mass is 16.6. The highest BCUT2D eigenvalue weighted by Gasteiger charge is 2.08. The molecule has 0 radical (unpaired) electrons. The minimum absolute atomic E-state index is 0.454. The Bertz CT molecular complexity index is 789. The van der Waals surface area contributed by atoms with Gasteiger partial charge in [-0.15, -0.1) is 0 Å². The van der Waals surface area contributed by atoms with Crippen LogP contribution in [0.25, 0.3) is 28.1 Å². The number of aromatic nitrogens is 1. The second kappa shape index (κ2) is 5.01. The molecule has 1 heterocycles. The quantitative estimate of drug-likeness (QED) is 0.572. The van der Waals surface area contributed by atoms with Gasteiger partial charge < -0.3 is 4.98 Å². The minimum Gasteiger partial charge on any atom is -0.361 e. The molecule has 0 fully saturated rings. The van der Waals surface area contributed by atoms with Gasteiger partial charge in [-0.2, -0.15) is 0 Å². The van der Waals surface area contributed by atoms with Crippen molar-refractivity contribution in [1.82, 2.24) is 4.98 Å². The van der Waals surface area contributed by atoms with Crippen molar-refractivity contribution in [3.8, 4) is 11.1 Å². The molecule has 2 aromatic carbocycles. The number of benzene rings is 2. The number of H-pyrrole nitrogens is 1. The summed E-state index contributed by atoms with van der Waals surface area (Å²) in [4.78, 5) is 13.2. The summed E-state index contributed by atoms with van der Waals surface area (Å²) in [5.41, 5.74) is 3.94. The highest BCUT2D eigenvalue weighted by molar-refractivity contribution is 6.00. The van der Waals surface area contributed by atoms with Crippen LogP contribution in [0.15, 0.2) is 60.9 Å². The molecule has 3 aromatic rings. The zero-order valence-electron chi connectivity index (χ0n) is 10.6. The van der Waals surface area contributed by atoms with E-state index in [1.165, 1.54) is 6.08 Å². The molecule has 1 N–H and O–H groups in total. The molecule has 0 spiro atoms. The van der Waals surface area contributed by atoms with E-state index in [1.54, 1.807) is 6.20 Å². The molecule has 0 unspecified atom stereocenters. The van der Waals surface area contributed by atoms with E-state index < -0.39 is 4.92 Å². The van der Waals surface area contributed by atoms with Gasteiger partial charge in [-0.05, 0) is 17.2 Å². The molecule has 0 aliphatic heterocycles. The van der Waals surface area contributed by atoms with Gasteiger partial charge in [0.1, 0.15) is 0 Å². The van der Waals surface area contributed by atoms with Gasteiger partial charge in [-0.3, -0.25) is 10.1 Å². The van der Waals surface area contributed by atoms with E-state index in [0.717, 1.165) is 33.8 Å². The number of hydrogen-bond donors (Lipinski definition) is 1. The lowest BCUT2D eigenvalue weighted by molar-refractivity contribution is -0.400. The van der Waals surface area contributed by atoms with E-state index in [0.29, 0.717) is 0 Å². The first-order valence-corrected chi connectivity index (χ1v) is 6.23. The van der Waals surface area contributed by atoms with E-state index in [1.807, 2.05) is 48.5 Å². The van der Waals surface area contributed by atoms with Crippen molar-refractivity contribution in [1.29, 1.82) is 0 Å². The first-order chi connectivity index (χ1) is 9.75. The fourth-order valence-electron chi connectivity index (χ4n) is 2.34. The van der Waals surface area contributed by atoms with Crippen LogP contribution in [0.1, 0.15) is 5.56 Å². The summed E-state index contributed by atoms with van der Waals surface area (Å²) in [6.45, 7) is 0. The van der Waals surface area contributed by atoms with E-state index in [-0.39, 0.29) is 0 Å². The molecule has 0 saturated carbocycles. The molecule has 20 heavy (non-hydrogen) atoms. The summed E-state index contributed by atoms with van der Waals surface area (Å²) in [6.07, 6.45) is 4.27. The van der Waals surface area contributed by atoms with Crippen molar-refractivity contribution in [3.05, 3.63) is 76.6 Å². The Morgan fingerprint density at radius 3 is 2.60 bits per heavy atom. The second-order valence-electron chi connectivity index (χ2n) is 4.44. The summed E-state index contributed by atoms with van der Waals surface area (Å²) in [5.74, 6) is 0. The van der Waals surface area contributed by atoms with Gasteiger partial charge in [0.15, 0.2) is 0 Å². The lowest BCUT2D eigenvalue weighted by Crippen LogP contribution is -1.83. The summed E-state index contributed by atoms with van der Waals surface area (Å²) < 4.78 is 0. The third-order valence-corrected chi connectivity index (χ3v) is 3.20. The van der Waals surface area contributed by atoms with Crippen LogP contribution < -0.4 is 0 Å². The minimum atomic E-state index is -0.454. The number of rotatable bonds is 3. The fourth-order valence-corrected chi connectivity index (χ4v) is 2.34. The van der Waals surface area contributed by atoms with Crippen molar-refractivity contribution >= 4 is 17.0 Å². The summed E-state index contributed by atoms with van der Waals surface area (Å²) in [6, 6.07) is 15.9. The molecule has 4 heteroatoms. The molecule has 4 nitrogen and oxygen atoms in total. The third-order valence-electron chi connectivity index (χ3n) is 3.20. The smallest absolute Gasteiger partial charge is 0.235 e. The maximum Gasteiger partial charge on any atom is 0.235 e. The SMILES string of the molecule is O=[N+]([O-])/C=C/c1c[nH]c2cccc(-c3ccccc3)c12. The van der Waals surface area contributed by atoms with Gasteiger partial charge in [0.25, 0.3) is 0 Å². The molecular weight excluding hydrogens is 252 g/mol. The van der Waals surface area contributed by atoms with E-state index in [2.05, 4.69) is 4.98 Å². The predicted molar refractivity (Wildman–Crippen MR) is 79.8 cm³/mol. The Morgan fingerprint density at radius 1 is 1.05 bits per heavy atom. The average molecular weight is 264 g/mol. The third kappa shape index (κ3) is 2.19. The monoisotopic (exact) mass is 264 g/mol. The van der Waals surface area contributed by atoms with Gasteiger partial charge in [0, 0.05) is 28.7 Å². The fraction of sp³-hybridized carbons (Fsp3) is 0. The van der Waals surface area contributed by atoms with Crippen LogP contribution in [0, 0.1) is 10.1 Å². The van der Waals surface area contributed by atoms with Gasteiger partial charge in [-0.25, -0.2) is 0 Å². The van der Waals surface area contributed by atoms with Gasteiger partial charge in [0.2, 0.25) is 6.20 Å². The Kier molecular flexibility index (Phi) is 3.05. The standard InChI is InChI=1S/C16H12N2O2/c19-18(20)10-9-13-11-17-15-8-4-7-14(16(13)15)12-5-2-1-3-6-12/h1-11,17H/b10-9+. The van der Waals surface area contributed by atoms with E-state index in [9.17, 15) is 10.1 Å². The topological polar surface area (TPSA) is 58.9 Å². The van der Waals surface area contributed by atoms with Crippen molar-refractivity contribution in [3.63, 3.8) is 0 Å². The normalized spacial score (nSPS) is 11.2. The van der Waals surface area contributed by atoms with Crippen molar-refractivity contribution in [2.75, 3.05) is 0 Å². The predicted octanol–water partition coefficient (Wildman–Crippen LogP) is 4.08. The zero-order valence-corrected chi connectivity index (χ0v) is 10.6. The number of nitrogens with zero attached hydrogens (tertiary/aromatic N) is 1. The van der Waals surface area contributed by atoms with Crippen molar-refractivity contribution in [2.24, 2.45) is 0 Å². The van der Waals surface area contributed by atoms with E-state index in [4.69, 9.17) is 0 Å². The zero-order chi connectivity index (χ0) is 13.9. The Morgan fingerprint density at radius 2 is 1.85 bits per heavy atom. The number of nitrogens with one attached hydrogen (secondary N) is 1. The Balaban J connectivity index is 2.22. The summed E-state index contributed by atoms with van der Waals surface area (Å²) in [5, 5.41) is 11.5. The Labute approximate surface area is 115 Å². The molecule has 0 saturated heterocycles. The number of aromatic amines is 1. The van der Waals surface area contributed by atoms with Crippen LogP contribution in [-0.4, -0.2) is 9.91 Å². The molecule has 3 rings (SSSR count). The molecular formula is C16H12N2O2. The first-order valence-electron chi connectivity index (χ1n) is 6.23. The lowest BCUT2D eigenvalue weighted by atomic mass is 9.99. The molecule has 0 atom stereocenters. The van der Waals surface area contributed by atoms with Crippen molar-refractivity contribution in [2.45, 2.75) is 0 Å². The first kappa shape index (κ1) is 12.2. The van der Waals surface area contributed by atoms with Gasteiger partial charge in [-0.1, -0.05) is 42.5 Å². The molecule has 1 aromatic heterocycles. The second-order valence-corrected chi connectivity index (χ2v) is 4.44. The van der Waals surface area contributed by atoms with Crippen LogP contribution in [-0.2, 0) is 0 Å². The number of hydrogen-bond acceptors (Lipinski definition) is 2. The molecule has 0 bridgehead atoms. The van der Waals surface area contributed by atoms with E-state index >= 15 is 0 Å². The maximum absolute atomic E-state index is 10.5. The maximum atomic E-state index is 10.5. The number of nitro groups is 1. The molecule has 0 amide bonds. The average Bonchev–Trinajstić information content (AvgIpc) is 2.89. The van der Waals surface area contributed by atoms with Gasteiger partial charge in [0.05, 0.1) is 4.92 Å². The van der Waals surface area contributed by atoms with Crippen molar-refractivity contribution < 1.29 is 4.92 Å².